The predicted octanol–water partition coefficient (Wildman–Crippen LogP) is 1.28. The van der Waals surface area contributed by atoms with Gasteiger partial charge in [0, 0.05) is 29.5 Å². The summed E-state index contributed by atoms with van der Waals surface area (Å²) in [4.78, 5) is 8.70. The number of aromatic nitrogens is 2. The normalized spacial score (nSPS) is 18.1. The molecule has 0 aliphatic carbocycles. The van der Waals surface area contributed by atoms with E-state index in [1.807, 2.05) is 31.6 Å². The molecule has 0 unspecified atom stereocenters. The Morgan fingerprint density at radius 2 is 2.12 bits per heavy atom. The molecule has 0 aromatic carbocycles. The van der Waals surface area contributed by atoms with Gasteiger partial charge in [0.2, 0.25) is 0 Å². The number of aliphatic imine (C=N–C) groups is 2. The van der Waals surface area contributed by atoms with E-state index in [2.05, 4.69) is 28.9 Å². The number of hydrogen-bond donors (Lipinski definition) is 0. The largest absolute Gasteiger partial charge is 0.240 e. The van der Waals surface area contributed by atoms with Crippen LogP contribution in [0, 0.1) is 5.41 Å². The van der Waals surface area contributed by atoms with E-state index in [9.17, 15) is 0 Å². The Kier molecular flexibility index (Phi) is 2.64. The molecule has 0 atom stereocenters. The molecule has 1 aromatic rings. The molecule has 1 aliphatic rings. The molecular weight excluding hydrogens is 200 g/mol. The van der Waals surface area contributed by atoms with Crippen molar-refractivity contribution < 1.29 is 4.68 Å². The lowest BCUT2D eigenvalue weighted by Crippen LogP contribution is -2.32. The zero-order valence-corrected chi connectivity index (χ0v) is 9.75. The summed E-state index contributed by atoms with van der Waals surface area (Å²) in [6, 6.07) is 1.95. The van der Waals surface area contributed by atoms with Crippen molar-refractivity contribution in [2.75, 3.05) is 0 Å². The highest BCUT2D eigenvalue weighted by Crippen LogP contribution is 2.16. The SMILES string of the molecule is C[n+]1ccc(C2=NC=CC(C)(C)C=N2)cn1. The Bertz CT molecular complexity index is 466. The Morgan fingerprint density at radius 1 is 1.31 bits per heavy atom. The first-order chi connectivity index (χ1) is 7.57. The van der Waals surface area contributed by atoms with Crippen molar-refractivity contribution in [3.63, 3.8) is 0 Å². The third-order valence-corrected chi connectivity index (χ3v) is 2.33. The van der Waals surface area contributed by atoms with Crippen LogP contribution < -0.4 is 4.68 Å². The fourth-order valence-electron chi connectivity index (χ4n) is 1.31. The van der Waals surface area contributed by atoms with Crippen LogP contribution in [0.1, 0.15) is 19.4 Å². The molecule has 0 fully saturated rings. The van der Waals surface area contributed by atoms with Gasteiger partial charge in [0.25, 0.3) is 0 Å². The smallest absolute Gasteiger partial charge is 0.196 e. The Labute approximate surface area is 95.1 Å². The van der Waals surface area contributed by atoms with Gasteiger partial charge in [0.05, 0.1) is 0 Å². The van der Waals surface area contributed by atoms with Crippen molar-refractivity contribution in [3.05, 3.63) is 36.3 Å². The minimum atomic E-state index is -0.0435. The van der Waals surface area contributed by atoms with Crippen molar-refractivity contribution in [2.24, 2.45) is 22.4 Å². The van der Waals surface area contributed by atoms with E-state index in [1.54, 1.807) is 17.1 Å². The van der Waals surface area contributed by atoms with Gasteiger partial charge in [-0.15, -0.1) is 0 Å². The number of hydrogen-bond acceptors (Lipinski definition) is 3. The van der Waals surface area contributed by atoms with Gasteiger partial charge in [-0.05, 0) is 5.10 Å². The summed E-state index contributed by atoms with van der Waals surface area (Å²) in [6.07, 6.45) is 9.38. The molecule has 0 saturated heterocycles. The average Bonchev–Trinajstić information content (AvgIpc) is 2.41. The standard InChI is InChI=1S/C12H15N4/c1-12(2)5-6-13-11(14-9-12)10-4-7-16(3)15-8-10/h4-9H,1-3H3/q+1. The van der Waals surface area contributed by atoms with Crippen molar-refractivity contribution in [2.45, 2.75) is 13.8 Å². The lowest BCUT2D eigenvalue weighted by molar-refractivity contribution is -0.730. The quantitative estimate of drug-likeness (QED) is 0.650. The van der Waals surface area contributed by atoms with E-state index in [4.69, 9.17) is 0 Å². The highest BCUT2D eigenvalue weighted by molar-refractivity contribution is 6.04. The van der Waals surface area contributed by atoms with Crippen molar-refractivity contribution in [1.29, 1.82) is 0 Å². The van der Waals surface area contributed by atoms with Gasteiger partial charge < -0.3 is 0 Å². The molecule has 0 bridgehead atoms. The number of rotatable bonds is 1. The van der Waals surface area contributed by atoms with Crippen LogP contribution in [0.2, 0.25) is 0 Å². The zero-order valence-electron chi connectivity index (χ0n) is 9.75. The third kappa shape index (κ3) is 2.39. The first-order valence-corrected chi connectivity index (χ1v) is 5.20. The molecule has 2 rings (SSSR count). The molecule has 0 N–H and O–H groups in total. The molecule has 82 valence electrons. The molecule has 1 aromatic heterocycles. The summed E-state index contributed by atoms with van der Waals surface area (Å²) >= 11 is 0. The van der Waals surface area contributed by atoms with Crippen molar-refractivity contribution >= 4 is 12.1 Å². The Morgan fingerprint density at radius 3 is 2.81 bits per heavy atom. The summed E-state index contributed by atoms with van der Waals surface area (Å²) in [5, 5.41) is 4.16. The molecule has 4 nitrogen and oxygen atoms in total. The fourth-order valence-corrected chi connectivity index (χ4v) is 1.31. The van der Waals surface area contributed by atoms with Gasteiger partial charge in [-0.1, -0.05) is 24.6 Å². The highest BCUT2D eigenvalue weighted by atomic mass is 15.2. The van der Waals surface area contributed by atoms with Crippen molar-refractivity contribution in [1.82, 2.24) is 5.10 Å². The summed E-state index contributed by atoms with van der Waals surface area (Å²) < 4.78 is 1.74. The second kappa shape index (κ2) is 3.96. The molecule has 16 heavy (non-hydrogen) atoms. The molecule has 0 radical (unpaired) electrons. The highest BCUT2D eigenvalue weighted by Gasteiger charge is 2.13. The summed E-state index contributed by atoms with van der Waals surface area (Å²) in [5.74, 6) is 0.704. The second-order valence-corrected chi connectivity index (χ2v) is 4.44. The minimum absolute atomic E-state index is 0.0435. The maximum Gasteiger partial charge on any atom is 0.196 e. The van der Waals surface area contributed by atoms with Crippen LogP contribution in [0.25, 0.3) is 0 Å². The van der Waals surface area contributed by atoms with E-state index in [0.717, 1.165) is 5.56 Å². The van der Waals surface area contributed by atoms with Crippen molar-refractivity contribution in [3.8, 4) is 0 Å². The van der Waals surface area contributed by atoms with Gasteiger partial charge in [0.1, 0.15) is 6.20 Å². The van der Waals surface area contributed by atoms with Gasteiger partial charge in [0.15, 0.2) is 19.1 Å². The maximum atomic E-state index is 4.39. The third-order valence-electron chi connectivity index (χ3n) is 2.33. The summed E-state index contributed by atoms with van der Waals surface area (Å²) in [7, 11) is 1.88. The lowest BCUT2D eigenvalue weighted by atomic mass is 9.96. The number of nitrogens with zero attached hydrogens (tertiary/aromatic N) is 4. The van der Waals surface area contributed by atoms with E-state index in [-0.39, 0.29) is 5.41 Å². The molecule has 1 aliphatic heterocycles. The minimum Gasteiger partial charge on any atom is -0.240 e. The molecule has 4 heteroatoms. The zero-order chi connectivity index (χ0) is 11.6. The Hall–Kier alpha value is -1.84. The van der Waals surface area contributed by atoms with Gasteiger partial charge >= 0.3 is 0 Å². The van der Waals surface area contributed by atoms with Crippen LogP contribution in [-0.2, 0) is 7.05 Å². The molecule has 0 amide bonds. The second-order valence-electron chi connectivity index (χ2n) is 4.44. The summed E-state index contributed by atoms with van der Waals surface area (Å²) in [6.45, 7) is 4.18. The lowest BCUT2D eigenvalue weighted by Gasteiger charge is -2.10. The van der Waals surface area contributed by atoms with Crippen LogP contribution in [0.4, 0.5) is 0 Å². The first-order valence-electron chi connectivity index (χ1n) is 5.20. The van der Waals surface area contributed by atoms with Crippen LogP contribution in [0.3, 0.4) is 0 Å². The number of aryl methyl sites for hydroxylation is 1. The van der Waals surface area contributed by atoms with Crippen LogP contribution >= 0.6 is 0 Å². The monoisotopic (exact) mass is 215 g/mol. The van der Waals surface area contributed by atoms with Gasteiger partial charge in [-0.2, -0.15) is 0 Å². The summed E-state index contributed by atoms with van der Waals surface area (Å²) in [5.41, 5.74) is 0.884. The number of allylic oxidation sites excluding steroid dienone is 1. The number of amidine groups is 1. The molecular formula is C12H15N4+. The predicted molar refractivity (Wildman–Crippen MR) is 63.4 cm³/mol. The maximum absolute atomic E-state index is 4.39. The molecule has 0 saturated carbocycles. The van der Waals surface area contributed by atoms with E-state index in [0.29, 0.717) is 5.84 Å². The first kappa shape index (κ1) is 10.7. The molecule has 0 spiro atoms. The fraction of sp³-hybridized carbons (Fsp3) is 0.333. The van der Waals surface area contributed by atoms with Crippen LogP contribution in [0.5, 0.6) is 0 Å². The van der Waals surface area contributed by atoms with Crippen LogP contribution in [-0.4, -0.2) is 17.1 Å². The topological polar surface area (TPSA) is 41.5 Å². The van der Waals surface area contributed by atoms with E-state index >= 15 is 0 Å². The Balaban J connectivity index is 2.33. The van der Waals surface area contributed by atoms with Crippen LogP contribution in [0.15, 0.2) is 40.7 Å². The van der Waals surface area contributed by atoms with E-state index in [1.165, 1.54) is 0 Å². The van der Waals surface area contributed by atoms with Gasteiger partial charge in [-0.3, -0.25) is 0 Å². The molecule has 2 heterocycles. The van der Waals surface area contributed by atoms with E-state index < -0.39 is 0 Å². The van der Waals surface area contributed by atoms with Gasteiger partial charge in [-0.25, -0.2) is 9.98 Å². The average molecular weight is 215 g/mol.